The van der Waals surface area contributed by atoms with Crippen molar-refractivity contribution in [3.05, 3.63) is 58.2 Å². The van der Waals surface area contributed by atoms with Crippen molar-refractivity contribution in [2.75, 3.05) is 14.2 Å². The van der Waals surface area contributed by atoms with E-state index >= 15 is 0 Å². The second kappa shape index (κ2) is 6.83. The van der Waals surface area contributed by atoms with E-state index in [4.69, 9.17) is 32.7 Å². The van der Waals surface area contributed by atoms with Crippen LogP contribution in [0.5, 0.6) is 5.75 Å². The van der Waals surface area contributed by atoms with Gasteiger partial charge in [-0.2, -0.15) is 0 Å². The molecule has 3 aromatic rings. The fourth-order valence-electron chi connectivity index (χ4n) is 2.60. The molecule has 136 valence electrons. The molecule has 0 atom stereocenters. The lowest BCUT2D eigenvalue weighted by Gasteiger charge is -2.12. The summed E-state index contributed by atoms with van der Waals surface area (Å²) in [6.07, 6.45) is 1.21. The molecule has 0 radical (unpaired) electrons. The molecule has 0 saturated carbocycles. The van der Waals surface area contributed by atoms with E-state index in [0.29, 0.717) is 10.9 Å². The number of aromatic nitrogens is 1. The van der Waals surface area contributed by atoms with Crippen LogP contribution in [0.25, 0.3) is 10.9 Å². The lowest BCUT2D eigenvalue weighted by atomic mass is 10.2. The van der Waals surface area contributed by atoms with Crippen LogP contribution >= 0.6 is 23.2 Å². The number of nitrogens with zero attached hydrogens (tertiary/aromatic N) is 1. The normalized spacial score (nSPS) is 11.5. The molecule has 1 aromatic heterocycles. The summed E-state index contributed by atoms with van der Waals surface area (Å²) in [5, 5.41) is 0.266. The first kappa shape index (κ1) is 18.6. The van der Waals surface area contributed by atoms with Gasteiger partial charge in [0.2, 0.25) is 0 Å². The van der Waals surface area contributed by atoms with Gasteiger partial charge in [-0.3, -0.25) is 0 Å². The van der Waals surface area contributed by atoms with Crippen molar-refractivity contribution >= 4 is 50.1 Å². The molecule has 0 amide bonds. The predicted molar refractivity (Wildman–Crippen MR) is 98.9 cm³/mol. The van der Waals surface area contributed by atoms with Gasteiger partial charge in [0.15, 0.2) is 0 Å². The molecule has 1 heterocycles. The van der Waals surface area contributed by atoms with Crippen LogP contribution in [0.3, 0.4) is 0 Å². The molecule has 9 heteroatoms. The lowest BCUT2D eigenvalue weighted by Crippen LogP contribution is -2.13. The van der Waals surface area contributed by atoms with E-state index in [0.717, 1.165) is 3.97 Å². The van der Waals surface area contributed by atoms with Crippen LogP contribution in [0.1, 0.15) is 10.4 Å². The zero-order valence-electron chi connectivity index (χ0n) is 13.7. The van der Waals surface area contributed by atoms with E-state index in [2.05, 4.69) is 0 Å². The van der Waals surface area contributed by atoms with E-state index in [-0.39, 0.29) is 26.3 Å². The van der Waals surface area contributed by atoms with Crippen LogP contribution in [-0.4, -0.2) is 32.6 Å². The largest absolute Gasteiger partial charge is 0.495 e. The molecule has 3 rings (SSSR count). The van der Waals surface area contributed by atoms with Crippen LogP contribution in [0.2, 0.25) is 10.0 Å². The summed E-state index contributed by atoms with van der Waals surface area (Å²) >= 11 is 12.2. The first-order valence-electron chi connectivity index (χ1n) is 7.29. The number of benzene rings is 2. The second-order valence-corrected chi connectivity index (χ2v) is 7.79. The Hall–Kier alpha value is -2.22. The first-order chi connectivity index (χ1) is 12.3. The lowest BCUT2D eigenvalue weighted by molar-refractivity contribution is 0.0603. The van der Waals surface area contributed by atoms with E-state index in [1.165, 1.54) is 32.5 Å². The van der Waals surface area contributed by atoms with Crippen molar-refractivity contribution in [1.82, 2.24) is 3.97 Å². The molecule has 0 bridgehead atoms. The quantitative estimate of drug-likeness (QED) is 0.604. The number of ether oxygens (including phenoxy) is 2. The standard InChI is InChI=1S/C17H13Cl2NO5S/c1-24-13-7-8-14(16(19)15(13)18)26(22,23)20-9-11(17(21)25-2)10-5-3-4-6-12(10)20/h3-9H,1-2H3. The van der Waals surface area contributed by atoms with Crippen LogP contribution in [0.4, 0.5) is 0 Å². The number of fused-ring (bicyclic) bond motifs is 1. The number of halogens is 2. The molecule has 2 aromatic carbocycles. The highest BCUT2D eigenvalue weighted by Gasteiger charge is 2.27. The van der Waals surface area contributed by atoms with Crippen molar-refractivity contribution in [2.45, 2.75) is 4.90 Å². The SMILES string of the molecule is COC(=O)c1cn(S(=O)(=O)c2ccc(OC)c(Cl)c2Cl)c2ccccc12. The summed E-state index contributed by atoms with van der Waals surface area (Å²) in [6.45, 7) is 0. The Morgan fingerprint density at radius 1 is 1.04 bits per heavy atom. The molecule has 0 aliphatic carbocycles. The molecular formula is C17H13Cl2NO5S. The third kappa shape index (κ3) is 2.82. The topological polar surface area (TPSA) is 74.6 Å². The molecule has 0 unspecified atom stereocenters. The van der Waals surface area contributed by atoms with Crippen LogP contribution < -0.4 is 4.74 Å². The molecule has 0 fully saturated rings. The van der Waals surface area contributed by atoms with Crippen molar-refractivity contribution in [3.63, 3.8) is 0 Å². The van der Waals surface area contributed by atoms with Gasteiger partial charge < -0.3 is 9.47 Å². The second-order valence-electron chi connectivity index (χ2n) is 5.25. The molecular weight excluding hydrogens is 401 g/mol. The maximum absolute atomic E-state index is 13.2. The molecule has 0 spiro atoms. The van der Waals surface area contributed by atoms with Gasteiger partial charge in [-0.15, -0.1) is 0 Å². The predicted octanol–water partition coefficient (Wildman–Crippen LogP) is 3.98. The molecule has 0 aliphatic heterocycles. The summed E-state index contributed by atoms with van der Waals surface area (Å²) < 4.78 is 37.1. The van der Waals surface area contributed by atoms with E-state index in [1.807, 2.05) is 0 Å². The number of rotatable bonds is 4. The van der Waals surface area contributed by atoms with Gasteiger partial charge in [0.1, 0.15) is 15.7 Å². The van der Waals surface area contributed by atoms with Crippen LogP contribution in [-0.2, 0) is 14.8 Å². The number of carbonyl (C=O) groups excluding carboxylic acids is 1. The summed E-state index contributed by atoms with van der Waals surface area (Å²) in [5.74, 6) is -0.391. The fraction of sp³-hybridized carbons (Fsp3) is 0.118. The number of para-hydroxylation sites is 1. The van der Waals surface area contributed by atoms with E-state index in [9.17, 15) is 13.2 Å². The smallest absolute Gasteiger partial charge is 0.340 e. The molecule has 0 N–H and O–H groups in total. The Morgan fingerprint density at radius 2 is 1.73 bits per heavy atom. The monoisotopic (exact) mass is 413 g/mol. The zero-order valence-corrected chi connectivity index (χ0v) is 16.0. The summed E-state index contributed by atoms with van der Waals surface area (Å²) in [4.78, 5) is 11.8. The maximum Gasteiger partial charge on any atom is 0.340 e. The van der Waals surface area contributed by atoms with E-state index < -0.39 is 16.0 Å². The summed E-state index contributed by atoms with van der Waals surface area (Å²) in [5.41, 5.74) is 0.443. The average molecular weight is 414 g/mol. The Morgan fingerprint density at radius 3 is 2.38 bits per heavy atom. The van der Waals surface area contributed by atoms with Gasteiger partial charge >= 0.3 is 5.97 Å². The average Bonchev–Trinajstić information content (AvgIpc) is 3.03. The summed E-state index contributed by atoms with van der Waals surface area (Å²) in [7, 11) is -1.51. The van der Waals surface area contributed by atoms with Crippen molar-refractivity contribution in [3.8, 4) is 5.75 Å². The van der Waals surface area contributed by atoms with Crippen LogP contribution in [0.15, 0.2) is 47.5 Å². The minimum Gasteiger partial charge on any atom is -0.495 e. The Balaban J connectivity index is 2.30. The third-order valence-corrected chi connectivity index (χ3v) is 6.54. The van der Waals surface area contributed by atoms with Gasteiger partial charge in [0, 0.05) is 11.6 Å². The number of carbonyl (C=O) groups is 1. The molecule has 0 saturated heterocycles. The summed E-state index contributed by atoms with van der Waals surface area (Å²) in [6, 6.07) is 9.29. The molecule has 6 nitrogen and oxygen atoms in total. The minimum atomic E-state index is -4.13. The number of esters is 1. The highest BCUT2D eigenvalue weighted by molar-refractivity contribution is 7.90. The zero-order chi connectivity index (χ0) is 19.1. The van der Waals surface area contributed by atoms with Gasteiger partial charge in [0.05, 0.1) is 30.3 Å². The van der Waals surface area contributed by atoms with Crippen molar-refractivity contribution in [2.24, 2.45) is 0 Å². The number of methoxy groups -OCH3 is 2. The van der Waals surface area contributed by atoms with Crippen LogP contribution in [0, 0.1) is 0 Å². The fourth-order valence-corrected chi connectivity index (χ4v) is 4.79. The van der Waals surface area contributed by atoms with Gasteiger partial charge in [-0.25, -0.2) is 17.2 Å². The number of hydrogen-bond donors (Lipinski definition) is 0. The Kier molecular flexibility index (Phi) is 4.88. The third-order valence-electron chi connectivity index (χ3n) is 3.85. The van der Waals surface area contributed by atoms with Gasteiger partial charge in [0.25, 0.3) is 10.0 Å². The maximum atomic E-state index is 13.2. The minimum absolute atomic E-state index is 0.0140. The molecule has 26 heavy (non-hydrogen) atoms. The highest BCUT2D eigenvalue weighted by atomic mass is 35.5. The van der Waals surface area contributed by atoms with Crippen molar-refractivity contribution < 1.29 is 22.7 Å². The first-order valence-corrected chi connectivity index (χ1v) is 9.48. The number of hydrogen-bond acceptors (Lipinski definition) is 5. The van der Waals surface area contributed by atoms with Gasteiger partial charge in [-0.1, -0.05) is 41.4 Å². The van der Waals surface area contributed by atoms with Gasteiger partial charge in [-0.05, 0) is 18.2 Å². The Labute approximate surface area is 159 Å². The van der Waals surface area contributed by atoms with Crippen molar-refractivity contribution in [1.29, 1.82) is 0 Å². The highest BCUT2D eigenvalue weighted by Crippen LogP contribution is 2.38. The molecule has 0 aliphatic rings. The van der Waals surface area contributed by atoms with E-state index in [1.54, 1.807) is 24.3 Å². The Bertz CT molecular complexity index is 1120.